The molecule has 9 nitrogen and oxygen atoms in total. The highest BCUT2D eigenvalue weighted by Crippen LogP contribution is 2.54. The predicted octanol–water partition coefficient (Wildman–Crippen LogP) is 6.69. The number of nitrogens with zero attached hydrogens (tertiary/aromatic N) is 2. The molecule has 4 aromatic rings. The Labute approximate surface area is 283 Å². The second-order valence-electron chi connectivity index (χ2n) is 10.5. The van der Waals surface area contributed by atoms with E-state index in [9.17, 15) is 32.3 Å². The number of amides is 3. The highest BCUT2D eigenvalue weighted by Gasteiger charge is 2.57. The summed E-state index contributed by atoms with van der Waals surface area (Å²) in [5.74, 6) is -3.31. The summed E-state index contributed by atoms with van der Waals surface area (Å²) in [6.07, 6.45) is -4.70. The Morgan fingerprint density at radius 1 is 0.936 bits per heavy atom. The molecule has 0 aliphatic carbocycles. The summed E-state index contributed by atoms with van der Waals surface area (Å²) in [6.45, 7) is -0.437. The lowest BCUT2D eigenvalue weighted by Crippen LogP contribution is -2.33. The molecule has 1 fully saturated rings. The first-order valence-electron chi connectivity index (χ1n) is 13.7. The van der Waals surface area contributed by atoms with Gasteiger partial charge in [0.25, 0.3) is 0 Å². The van der Waals surface area contributed by atoms with Gasteiger partial charge in [0.05, 0.1) is 46.5 Å². The Balaban J connectivity index is 1.43. The molecule has 0 saturated carbocycles. The van der Waals surface area contributed by atoms with E-state index in [2.05, 4.69) is 5.32 Å². The second-order valence-corrected chi connectivity index (χ2v) is 13.5. The lowest BCUT2D eigenvalue weighted by atomic mass is 9.83. The van der Waals surface area contributed by atoms with Gasteiger partial charge in [0.2, 0.25) is 17.7 Å². The Morgan fingerprint density at radius 3 is 2.36 bits per heavy atom. The molecule has 2 aliphatic rings. The fourth-order valence-corrected chi connectivity index (χ4v) is 8.73. The van der Waals surface area contributed by atoms with Crippen molar-refractivity contribution in [3.63, 3.8) is 0 Å². The third kappa shape index (κ3) is 5.99. The van der Waals surface area contributed by atoms with Gasteiger partial charge in [0.15, 0.2) is 11.5 Å². The average molecular weight is 725 g/mol. The minimum absolute atomic E-state index is 0.212. The van der Waals surface area contributed by atoms with Crippen LogP contribution in [0.4, 0.5) is 24.5 Å². The maximum Gasteiger partial charge on any atom is 0.416 e. The maximum absolute atomic E-state index is 14.1. The number of methoxy groups -OCH3 is 2. The van der Waals surface area contributed by atoms with Gasteiger partial charge in [-0.05, 0) is 54.1 Å². The first-order valence-corrected chi connectivity index (χ1v) is 16.2. The van der Waals surface area contributed by atoms with Crippen LogP contribution < -0.4 is 24.6 Å². The Kier molecular flexibility index (Phi) is 8.81. The lowest BCUT2D eigenvalue weighted by Gasteiger charge is -2.31. The van der Waals surface area contributed by atoms with Crippen LogP contribution in [0.25, 0.3) is 0 Å². The molecule has 16 heteroatoms. The molecule has 3 atom stereocenters. The Bertz CT molecular complexity index is 2000. The van der Waals surface area contributed by atoms with E-state index in [1.54, 1.807) is 18.2 Å². The normalized spacial score (nSPS) is 19.0. The summed E-state index contributed by atoms with van der Waals surface area (Å²) in [5.41, 5.74) is -0.404. The van der Waals surface area contributed by atoms with Crippen molar-refractivity contribution in [2.45, 2.75) is 28.9 Å². The van der Waals surface area contributed by atoms with E-state index in [1.807, 2.05) is 0 Å². The minimum Gasteiger partial charge on any atom is -0.493 e. The number of halogens is 5. The SMILES string of the molecule is COc1ccc([C@H]2c3sc(=O)n(CC(=O)Nc4ccc(Cl)c(Cl)c4)c3SC3C(=O)N(c4cccc(C(F)(F)F)c4)C(=O)C32)cc1OC. The molecule has 0 spiro atoms. The van der Waals surface area contributed by atoms with Gasteiger partial charge in [-0.25, -0.2) is 4.90 Å². The van der Waals surface area contributed by atoms with Crippen molar-refractivity contribution >= 4 is 75.4 Å². The molecule has 3 heterocycles. The van der Waals surface area contributed by atoms with Gasteiger partial charge in [-0.1, -0.05) is 58.4 Å². The third-order valence-corrected chi connectivity index (χ3v) is 11.1. The number of thiazole rings is 1. The van der Waals surface area contributed by atoms with Gasteiger partial charge >= 0.3 is 11.0 Å². The first-order chi connectivity index (χ1) is 22.3. The number of nitrogens with one attached hydrogen (secondary N) is 1. The molecule has 1 saturated heterocycles. The zero-order valence-electron chi connectivity index (χ0n) is 24.3. The number of carbonyl (C=O) groups is 3. The number of fused-ring (bicyclic) bond motifs is 2. The van der Waals surface area contributed by atoms with Gasteiger partial charge in [-0.15, -0.1) is 0 Å². The highest BCUT2D eigenvalue weighted by atomic mass is 35.5. The number of hydrogen-bond acceptors (Lipinski definition) is 8. The number of hydrogen-bond donors (Lipinski definition) is 1. The fourth-order valence-electron chi connectivity index (χ4n) is 5.65. The van der Waals surface area contributed by atoms with Crippen LogP contribution >= 0.6 is 46.3 Å². The number of ether oxygens (including phenoxy) is 2. The molecule has 1 aromatic heterocycles. The van der Waals surface area contributed by atoms with Gasteiger partial charge in [-0.2, -0.15) is 13.2 Å². The summed E-state index contributed by atoms with van der Waals surface area (Å²) in [6, 6.07) is 13.4. The van der Waals surface area contributed by atoms with E-state index < -0.39 is 58.0 Å². The average Bonchev–Trinajstić information content (AvgIpc) is 3.48. The standard InChI is InChI=1S/C31H22Cl2F3N3O6S2/c1-44-20-9-6-14(10-21(20)45-2)23-24-25(28(42)39(27(24)41)17-5-3-4-15(11-17)31(34,35)36)46-29-26(23)47-30(43)38(29)13-22(40)37-16-7-8-18(32)19(33)12-16/h3-12,23-25H,13H2,1-2H3,(H,37,40)/t23-,24?,25?/m1/s1. The molecule has 0 bridgehead atoms. The third-order valence-electron chi connectivity index (χ3n) is 7.75. The van der Waals surface area contributed by atoms with Crippen molar-refractivity contribution in [2.75, 3.05) is 24.4 Å². The van der Waals surface area contributed by atoms with Crippen LogP contribution in [0.1, 0.15) is 21.9 Å². The predicted molar refractivity (Wildman–Crippen MR) is 172 cm³/mol. The van der Waals surface area contributed by atoms with Crippen molar-refractivity contribution in [3.05, 3.63) is 96.4 Å². The molecule has 1 N–H and O–H groups in total. The molecule has 6 rings (SSSR count). The quantitative estimate of drug-likeness (QED) is 0.212. The Morgan fingerprint density at radius 2 is 1.68 bits per heavy atom. The number of anilines is 2. The van der Waals surface area contributed by atoms with E-state index >= 15 is 0 Å². The van der Waals surface area contributed by atoms with Crippen LogP contribution in [0.5, 0.6) is 11.5 Å². The van der Waals surface area contributed by atoms with Gasteiger partial charge in [0, 0.05) is 16.5 Å². The number of benzene rings is 3. The van der Waals surface area contributed by atoms with Crippen LogP contribution in [-0.4, -0.2) is 41.8 Å². The topological polar surface area (TPSA) is 107 Å². The first kappa shape index (κ1) is 32.9. The number of rotatable bonds is 7. The molecular weight excluding hydrogens is 702 g/mol. The molecule has 244 valence electrons. The Hall–Kier alpha value is -3.98. The zero-order chi connectivity index (χ0) is 33.8. The minimum atomic E-state index is -4.70. The van der Waals surface area contributed by atoms with Gasteiger partial charge < -0.3 is 14.8 Å². The van der Waals surface area contributed by atoms with Crippen molar-refractivity contribution in [2.24, 2.45) is 5.92 Å². The van der Waals surface area contributed by atoms with Crippen molar-refractivity contribution in [3.8, 4) is 11.5 Å². The lowest BCUT2D eigenvalue weighted by molar-refractivity contribution is -0.137. The maximum atomic E-state index is 14.1. The molecule has 3 aromatic carbocycles. The van der Waals surface area contributed by atoms with Crippen LogP contribution in [0.2, 0.25) is 10.0 Å². The number of imide groups is 1. The molecule has 47 heavy (non-hydrogen) atoms. The van der Waals surface area contributed by atoms with E-state index in [0.29, 0.717) is 27.6 Å². The summed E-state index contributed by atoms with van der Waals surface area (Å²) in [5, 5.41) is 2.33. The van der Waals surface area contributed by atoms with E-state index in [1.165, 1.54) is 43.1 Å². The van der Waals surface area contributed by atoms with Crippen molar-refractivity contribution < 1.29 is 37.0 Å². The highest BCUT2D eigenvalue weighted by molar-refractivity contribution is 8.00. The monoisotopic (exact) mass is 723 g/mol. The van der Waals surface area contributed by atoms with E-state index in [4.69, 9.17) is 32.7 Å². The summed E-state index contributed by atoms with van der Waals surface area (Å²) < 4.78 is 52.7. The smallest absolute Gasteiger partial charge is 0.416 e. The molecular formula is C31H22Cl2F3N3O6S2. The van der Waals surface area contributed by atoms with Crippen molar-refractivity contribution in [1.29, 1.82) is 0 Å². The molecule has 0 radical (unpaired) electrons. The molecule has 2 unspecified atom stereocenters. The summed E-state index contributed by atoms with van der Waals surface area (Å²) >= 11 is 13.8. The largest absolute Gasteiger partial charge is 0.493 e. The van der Waals surface area contributed by atoms with E-state index in [0.717, 1.165) is 46.2 Å². The number of aromatic nitrogens is 1. The van der Waals surface area contributed by atoms with Crippen LogP contribution in [0, 0.1) is 5.92 Å². The van der Waals surface area contributed by atoms with Crippen LogP contribution in [-0.2, 0) is 27.1 Å². The molecule has 3 amide bonds. The van der Waals surface area contributed by atoms with Gasteiger partial charge in [0.1, 0.15) is 11.8 Å². The fraction of sp³-hybridized carbons (Fsp3) is 0.226. The van der Waals surface area contributed by atoms with Crippen molar-refractivity contribution in [1.82, 2.24) is 4.57 Å². The second kappa shape index (κ2) is 12.6. The summed E-state index contributed by atoms with van der Waals surface area (Å²) in [4.78, 5) is 55.2. The number of carbonyl (C=O) groups excluding carboxylic acids is 3. The van der Waals surface area contributed by atoms with E-state index in [-0.39, 0.29) is 20.8 Å². The number of alkyl halides is 3. The van der Waals surface area contributed by atoms with Crippen LogP contribution in [0.15, 0.2) is 70.5 Å². The van der Waals surface area contributed by atoms with Crippen LogP contribution in [0.3, 0.4) is 0 Å². The number of thioether (sulfide) groups is 1. The zero-order valence-corrected chi connectivity index (χ0v) is 27.4. The van der Waals surface area contributed by atoms with Gasteiger partial charge in [-0.3, -0.25) is 23.7 Å². The summed E-state index contributed by atoms with van der Waals surface area (Å²) in [7, 11) is 2.87. The molecule has 2 aliphatic heterocycles.